The van der Waals surface area contributed by atoms with Crippen molar-refractivity contribution in [1.82, 2.24) is 4.98 Å². The van der Waals surface area contributed by atoms with E-state index in [1.807, 2.05) is 36.4 Å². The summed E-state index contributed by atoms with van der Waals surface area (Å²) in [7, 11) is 0. The number of benzene rings is 1. The molecule has 0 radical (unpaired) electrons. The van der Waals surface area contributed by atoms with Crippen LogP contribution in [0.2, 0.25) is 0 Å². The van der Waals surface area contributed by atoms with E-state index in [-0.39, 0.29) is 6.61 Å². The molecule has 0 aliphatic heterocycles. The van der Waals surface area contributed by atoms with E-state index in [4.69, 9.17) is 5.11 Å². The lowest BCUT2D eigenvalue weighted by molar-refractivity contribution is 0.281. The van der Waals surface area contributed by atoms with Crippen molar-refractivity contribution in [3.63, 3.8) is 0 Å². The predicted octanol–water partition coefficient (Wildman–Crippen LogP) is 1.97. The minimum absolute atomic E-state index is 0.00609. The molecule has 1 heterocycles. The highest BCUT2D eigenvalue weighted by molar-refractivity contribution is 5.42. The summed E-state index contributed by atoms with van der Waals surface area (Å²) < 4.78 is 0. The Morgan fingerprint density at radius 2 is 1.75 bits per heavy atom. The van der Waals surface area contributed by atoms with Crippen molar-refractivity contribution in [3.8, 4) is 11.8 Å². The Balaban J connectivity index is 2.24. The summed E-state index contributed by atoms with van der Waals surface area (Å²) in [6, 6.07) is 11.6. The molecule has 0 saturated carbocycles. The molecule has 1 aromatic carbocycles. The van der Waals surface area contributed by atoms with Crippen LogP contribution in [0.1, 0.15) is 16.7 Å². The maximum atomic E-state index is 8.96. The molecule has 2 aromatic rings. The highest BCUT2D eigenvalue weighted by Gasteiger charge is 1.92. The molecule has 2 rings (SSSR count). The maximum Gasteiger partial charge on any atom is 0.0697 e. The zero-order valence-electron chi connectivity index (χ0n) is 8.72. The van der Waals surface area contributed by atoms with E-state index in [0.717, 1.165) is 16.7 Å². The van der Waals surface area contributed by atoms with Crippen LogP contribution in [0.25, 0.3) is 0 Å². The van der Waals surface area contributed by atoms with Crippen LogP contribution in [-0.4, -0.2) is 10.1 Å². The first kappa shape index (κ1) is 10.4. The number of aromatic nitrogens is 1. The third kappa shape index (κ3) is 2.69. The van der Waals surface area contributed by atoms with Gasteiger partial charge in [-0.3, -0.25) is 4.98 Å². The van der Waals surface area contributed by atoms with Crippen LogP contribution in [-0.2, 0) is 6.61 Å². The predicted molar refractivity (Wildman–Crippen MR) is 62.6 cm³/mol. The molecule has 0 fully saturated rings. The first-order valence-corrected chi connectivity index (χ1v) is 5.00. The molecule has 0 spiro atoms. The summed E-state index contributed by atoms with van der Waals surface area (Å²) in [5, 5.41) is 8.96. The fourth-order valence-corrected chi connectivity index (χ4v) is 1.31. The summed E-state index contributed by atoms with van der Waals surface area (Å²) in [6.07, 6.45) is 3.32. The highest BCUT2D eigenvalue weighted by atomic mass is 16.3. The molecule has 0 aliphatic rings. The van der Waals surface area contributed by atoms with Gasteiger partial charge in [0.05, 0.1) is 6.61 Å². The van der Waals surface area contributed by atoms with Crippen molar-refractivity contribution in [2.75, 3.05) is 0 Å². The van der Waals surface area contributed by atoms with E-state index in [0.29, 0.717) is 0 Å². The average Bonchev–Trinajstić information content (AvgIpc) is 2.38. The van der Waals surface area contributed by atoms with Gasteiger partial charge in [-0.15, -0.1) is 0 Å². The molecule has 16 heavy (non-hydrogen) atoms. The molecule has 1 N–H and O–H groups in total. The van der Waals surface area contributed by atoms with Gasteiger partial charge in [0, 0.05) is 23.5 Å². The SMILES string of the molecule is OCc1cncc(C#Cc2ccccc2)c1. The van der Waals surface area contributed by atoms with E-state index in [2.05, 4.69) is 16.8 Å². The van der Waals surface area contributed by atoms with Gasteiger partial charge < -0.3 is 5.11 Å². The Morgan fingerprint density at radius 3 is 2.50 bits per heavy atom. The minimum atomic E-state index is -0.00609. The highest BCUT2D eigenvalue weighted by Crippen LogP contribution is 2.02. The molecule has 0 aliphatic carbocycles. The van der Waals surface area contributed by atoms with Crippen molar-refractivity contribution in [3.05, 3.63) is 65.5 Å². The fourth-order valence-electron chi connectivity index (χ4n) is 1.31. The zero-order valence-corrected chi connectivity index (χ0v) is 8.72. The smallest absolute Gasteiger partial charge is 0.0697 e. The van der Waals surface area contributed by atoms with E-state index < -0.39 is 0 Å². The van der Waals surface area contributed by atoms with Crippen molar-refractivity contribution in [1.29, 1.82) is 0 Å². The molecule has 0 saturated heterocycles. The third-order valence-electron chi connectivity index (χ3n) is 2.10. The van der Waals surface area contributed by atoms with Crippen LogP contribution < -0.4 is 0 Å². The topological polar surface area (TPSA) is 33.1 Å². The van der Waals surface area contributed by atoms with Gasteiger partial charge >= 0.3 is 0 Å². The third-order valence-corrected chi connectivity index (χ3v) is 2.10. The van der Waals surface area contributed by atoms with Crippen LogP contribution in [0.3, 0.4) is 0 Å². The lowest BCUT2D eigenvalue weighted by atomic mass is 10.2. The Morgan fingerprint density at radius 1 is 1.00 bits per heavy atom. The average molecular weight is 209 g/mol. The lowest BCUT2D eigenvalue weighted by Gasteiger charge is -1.94. The largest absolute Gasteiger partial charge is 0.392 e. The van der Waals surface area contributed by atoms with Crippen molar-refractivity contribution < 1.29 is 5.11 Å². The molecular formula is C14H11NO. The monoisotopic (exact) mass is 209 g/mol. The quantitative estimate of drug-likeness (QED) is 0.728. The van der Waals surface area contributed by atoms with Gasteiger partial charge in [-0.1, -0.05) is 30.0 Å². The summed E-state index contributed by atoms with van der Waals surface area (Å²) in [4.78, 5) is 4.01. The maximum absolute atomic E-state index is 8.96. The summed E-state index contributed by atoms with van der Waals surface area (Å²) in [5.41, 5.74) is 2.56. The number of hydrogen-bond acceptors (Lipinski definition) is 2. The number of aliphatic hydroxyl groups is 1. The molecule has 1 aromatic heterocycles. The van der Waals surface area contributed by atoms with Crippen LogP contribution in [0.5, 0.6) is 0 Å². The second-order valence-corrected chi connectivity index (χ2v) is 3.36. The molecule has 0 amide bonds. The van der Waals surface area contributed by atoms with Gasteiger partial charge in [-0.2, -0.15) is 0 Å². The molecule has 0 atom stereocenters. The minimum Gasteiger partial charge on any atom is -0.392 e. The number of rotatable bonds is 1. The molecule has 78 valence electrons. The van der Waals surface area contributed by atoms with E-state index in [9.17, 15) is 0 Å². The molecule has 2 heteroatoms. The van der Waals surface area contributed by atoms with Crippen molar-refractivity contribution in [2.45, 2.75) is 6.61 Å². The molecule has 2 nitrogen and oxygen atoms in total. The summed E-state index contributed by atoms with van der Waals surface area (Å²) in [6.45, 7) is -0.00609. The Bertz CT molecular complexity index is 523. The molecule has 0 unspecified atom stereocenters. The fraction of sp³-hybridized carbons (Fsp3) is 0.0714. The van der Waals surface area contributed by atoms with Crippen molar-refractivity contribution >= 4 is 0 Å². The second-order valence-electron chi connectivity index (χ2n) is 3.36. The number of nitrogens with zero attached hydrogens (tertiary/aromatic N) is 1. The standard InChI is InChI=1S/C14H11NO/c16-11-14-8-13(9-15-10-14)7-6-12-4-2-1-3-5-12/h1-5,8-10,16H,11H2. The second kappa shape index (κ2) is 5.11. The lowest BCUT2D eigenvalue weighted by Crippen LogP contribution is -1.86. The van der Waals surface area contributed by atoms with Crippen LogP contribution >= 0.6 is 0 Å². The first-order chi connectivity index (χ1) is 7.88. The van der Waals surface area contributed by atoms with Gasteiger partial charge in [0.15, 0.2) is 0 Å². The summed E-state index contributed by atoms with van der Waals surface area (Å²) >= 11 is 0. The van der Waals surface area contributed by atoms with Crippen LogP contribution in [0.4, 0.5) is 0 Å². The normalized spacial score (nSPS) is 9.31. The van der Waals surface area contributed by atoms with Gasteiger partial charge in [0.1, 0.15) is 0 Å². The first-order valence-electron chi connectivity index (χ1n) is 5.00. The van der Waals surface area contributed by atoms with E-state index >= 15 is 0 Å². The van der Waals surface area contributed by atoms with E-state index in [1.165, 1.54) is 0 Å². The van der Waals surface area contributed by atoms with Gasteiger partial charge in [0.25, 0.3) is 0 Å². The van der Waals surface area contributed by atoms with Crippen molar-refractivity contribution in [2.24, 2.45) is 0 Å². The molecule has 0 bridgehead atoms. The Hall–Kier alpha value is -2.11. The van der Waals surface area contributed by atoms with Gasteiger partial charge in [-0.05, 0) is 23.8 Å². The summed E-state index contributed by atoms with van der Waals surface area (Å²) in [5.74, 6) is 6.05. The Kier molecular flexibility index (Phi) is 3.32. The number of aliphatic hydroxyl groups excluding tert-OH is 1. The molecular weight excluding hydrogens is 198 g/mol. The van der Waals surface area contributed by atoms with Crippen LogP contribution in [0.15, 0.2) is 48.8 Å². The van der Waals surface area contributed by atoms with Gasteiger partial charge in [0.2, 0.25) is 0 Å². The van der Waals surface area contributed by atoms with E-state index in [1.54, 1.807) is 12.4 Å². The number of hydrogen-bond donors (Lipinski definition) is 1. The zero-order chi connectivity index (χ0) is 11.2. The van der Waals surface area contributed by atoms with Crippen LogP contribution in [0, 0.1) is 11.8 Å². The number of pyridine rings is 1. The Labute approximate surface area is 94.6 Å². The van der Waals surface area contributed by atoms with Gasteiger partial charge in [-0.25, -0.2) is 0 Å².